The van der Waals surface area contributed by atoms with E-state index < -0.39 is 5.79 Å². The lowest BCUT2D eigenvalue weighted by Crippen LogP contribution is -2.46. The van der Waals surface area contributed by atoms with Gasteiger partial charge in [-0.15, -0.1) is 5.73 Å². The van der Waals surface area contributed by atoms with E-state index in [1.165, 1.54) is 0 Å². The highest BCUT2D eigenvalue weighted by Crippen LogP contribution is 2.63. The Balaban J connectivity index is 1.62. The quantitative estimate of drug-likeness (QED) is 0.519. The lowest BCUT2D eigenvalue weighted by atomic mass is 9.74. The molecule has 5 heteroatoms. The SMILES string of the molecule is CC[C@@H]1[C@@H]2[C@H]3OC(C=C=CBr)C[C@H]3O[C@@]23O[C@@H]1C[C@@H]3Br. The van der Waals surface area contributed by atoms with Gasteiger partial charge in [0, 0.05) is 17.3 Å². The molecule has 0 aromatic carbocycles. The molecule has 0 aromatic heterocycles. The third-order valence-corrected chi connectivity index (χ3v) is 6.56. The molecular formula is C15H18Br2O3. The fourth-order valence-corrected chi connectivity index (χ4v) is 5.64. The van der Waals surface area contributed by atoms with Gasteiger partial charge < -0.3 is 14.2 Å². The van der Waals surface area contributed by atoms with E-state index in [4.69, 9.17) is 14.2 Å². The van der Waals surface area contributed by atoms with Crippen LogP contribution in [-0.2, 0) is 14.2 Å². The predicted molar refractivity (Wildman–Crippen MR) is 81.9 cm³/mol. The smallest absolute Gasteiger partial charge is 0.187 e. The molecule has 1 spiro atoms. The van der Waals surface area contributed by atoms with Crippen LogP contribution in [0.15, 0.2) is 16.8 Å². The van der Waals surface area contributed by atoms with Gasteiger partial charge in [-0.25, -0.2) is 0 Å². The average molecular weight is 406 g/mol. The summed E-state index contributed by atoms with van der Waals surface area (Å²) in [6, 6.07) is 0. The Morgan fingerprint density at radius 2 is 2.10 bits per heavy atom. The first-order valence-electron chi connectivity index (χ1n) is 7.36. The summed E-state index contributed by atoms with van der Waals surface area (Å²) in [5.74, 6) is 0.501. The van der Waals surface area contributed by atoms with Crippen LogP contribution in [0.2, 0.25) is 0 Å². The van der Waals surface area contributed by atoms with Crippen LogP contribution in [0.3, 0.4) is 0 Å². The summed E-state index contributed by atoms with van der Waals surface area (Å²) in [7, 11) is 0. The Labute approximate surface area is 136 Å². The van der Waals surface area contributed by atoms with Crippen molar-refractivity contribution in [1.82, 2.24) is 0 Å². The van der Waals surface area contributed by atoms with Crippen LogP contribution in [0.25, 0.3) is 0 Å². The summed E-state index contributed by atoms with van der Waals surface area (Å²) in [5.41, 5.74) is 3.05. The lowest BCUT2D eigenvalue weighted by Gasteiger charge is -2.35. The number of hydrogen-bond acceptors (Lipinski definition) is 3. The predicted octanol–water partition coefficient (Wildman–Crippen LogP) is 3.51. The first-order chi connectivity index (χ1) is 9.69. The van der Waals surface area contributed by atoms with E-state index in [1.807, 2.05) is 6.08 Å². The van der Waals surface area contributed by atoms with Crippen molar-refractivity contribution >= 4 is 31.9 Å². The first kappa shape index (κ1) is 14.0. The Morgan fingerprint density at radius 3 is 2.85 bits per heavy atom. The molecule has 0 saturated carbocycles. The van der Waals surface area contributed by atoms with Gasteiger partial charge in [0.05, 0.1) is 29.2 Å². The molecule has 4 rings (SSSR count). The summed E-state index contributed by atoms with van der Waals surface area (Å²) >= 11 is 7.02. The zero-order chi connectivity index (χ0) is 13.9. The van der Waals surface area contributed by atoms with Crippen LogP contribution in [0, 0.1) is 11.8 Å². The standard InChI is InChI=1S/C15H18Br2O3/c1-2-9-10-7-12(17)15(19-10)13(9)14-11(20-15)6-8(18-14)4-3-5-16/h4-5,8-14H,2,6-7H2,1H3/t3?,8?,9-,10+,11+,12-,13+,14-,15+/m0/s1. The zero-order valence-electron chi connectivity index (χ0n) is 11.3. The first-order valence-corrected chi connectivity index (χ1v) is 9.19. The van der Waals surface area contributed by atoms with Crippen molar-refractivity contribution in [3.63, 3.8) is 0 Å². The highest BCUT2D eigenvalue weighted by Gasteiger charge is 2.73. The Bertz CT molecular complexity index is 476. The minimum absolute atomic E-state index is 0.113. The Morgan fingerprint density at radius 1 is 1.30 bits per heavy atom. The molecular weight excluding hydrogens is 388 g/mol. The second-order valence-corrected chi connectivity index (χ2v) is 7.72. The summed E-state index contributed by atoms with van der Waals surface area (Å²) in [6.07, 6.45) is 5.84. The molecule has 1 unspecified atom stereocenters. The van der Waals surface area contributed by atoms with E-state index in [1.54, 1.807) is 4.99 Å². The van der Waals surface area contributed by atoms with Crippen molar-refractivity contribution in [2.24, 2.45) is 11.8 Å². The Hall–Kier alpha value is 0.360. The van der Waals surface area contributed by atoms with E-state index in [9.17, 15) is 0 Å². The number of halogens is 2. The van der Waals surface area contributed by atoms with Gasteiger partial charge in [-0.05, 0) is 18.4 Å². The van der Waals surface area contributed by atoms with Crippen LogP contribution in [0.4, 0.5) is 0 Å². The minimum atomic E-state index is -0.430. The third kappa shape index (κ3) is 1.74. The topological polar surface area (TPSA) is 27.7 Å². The summed E-state index contributed by atoms with van der Waals surface area (Å²) < 4.78 is 18.9. The molecule has 3 nitrogen and oxygen atoms in total. The maximum Gasteiger partial charge on any atom is 0.187 e. The van der Waals surface area contributed by atoms with Gasteiger partial charge in [0.25, 0.3) is 0 Å². The second kappa shape index (κ2) is 4.94. The van der Waals surface area contributed by atoms with Gasteiger partial charge in [0.1, 0.15) is 0 Å². The molecule has 4 aliphatic rings. The highest BCUT2D eigenvalue weighted by atomic mass is 79.9. The van der Waals surface area contributed by atoms with Gasteiger partial charge in [-0.3, -0.25) is 0 Å². The number of alkyl halides is 1. The molecule has 4 heterocycles. The van der Waals surface area contributed by atoms with Gasteiger partial charge in [-0.2, -0.15) is 0 Å². The molecule has 8 atom stereocenters. The molecule has 2 bridgehead atoms. The van der Waals surface area contributed by atoms with Crippen molar-refractivity contribution in [2.75, 3.05) is 0 Å². The summed E-state index contributed by atoms with van der Waals surface area (Å²) in [4.78, 5) is 2.04. The average Bonchev–Trinajstić information content (AvgIpc) is 3.09. The third-order valence-electron chi connectivity index (χ3n) is 5.28. The molecule has 4 aliphatic heterocycles. The molecule has 4 fully saturated rings. The monoisotopic (exact) mass is 404 g/mol. The van der Waals surface area contributed by atoms with Crippen LogP contribution >= 0.6 is 31.9 Å². The number of fused-ring (bicyclic) bond motifs is 3. The number of hydrogen-bond donors (Lipinski definition) is 0. The highest BCUT2D eigenvalue weighted by molar-refractivity contribution is 9.11. The molecule has 0 aromatic rings. The van der Waals surface area contributed by atoms with E-state index in [0.717, 1.165) is 19.3 Å². The summed E-state index contributed by atoms with van der Waals surface area (Å²) in [5, 5.41) is 0. The fraction of sp³-hybridized carbons (Fsp3) is 0.800. The van der Waals surface area contributed by atoms with Gasteiger partial charge in [-0.1, -0.05) is 45.2 Å². The number of ether oxygens (including phenoxy) is 3. The number of rotatable bonds is 2. The second-order valence-electron chi connectivity index (χ2n) is 6.15. The molecule has 0 N–H and O–H groups in total. The van der Waals surface area contributed by atoms with Crippen molar-refractivity contribution in [2.45, 2.75) is 61.2 Å². The molecule has 4 saturated heterocycles. The molecule has 0 amide bonds. The van der Waals surface area contributed by atoms with Crippen molar-refractivity contribution < 1.29 is 14.2 Å². The van der Waals surface area contributed by atoms with Gasteiger partial charge >= 0.3 is 0 Å². The normalized spacial score (nSPS) is 55.5. The maximum absolute atomic E-state index is 6.38. The van der Waals surface area contributed by atoms with Crippen LogP contribution in [0.1, 0.15) is 26.2 Å². The van der Waals surface area contributed by atoms with Crippen LogP contribution in [-0.4, -0.2) is 35.0 Å². The fourth-order valence-electron chi connectivity index (χ4n) is 4.60. The van der Waals surface area contributed by atoms with E-state index in [2.05, 4.69) is 44.5 Å². The van der Waals surface area contributed by atoms with E-state index in [0.29, 0.717) is 22.8 Å². The van der Waals surface area contributed by atoms with Gasteiger partial charge in [0.2, 0.25) is 0 Å². The van der Waals surface area contributed by atoms with Crippen molar-refractivity contribution in [3.8, 4) is 0 Å². The molecule has 0 aliphatic carbocycles. The van der Waals surface area contributed by atoms with Crippen LogP contribution < -0.4 is 0 Å². The molecule has 20 heavy (non-hydrogen) atoms. The van der Waals surface area contributed by atoms with E-state index in [-0.39, 0.29) is 18.3 Å². The maximum atomic E-state index is 6.38. The van der Waals surface area contributed by atoms with Gasteiger partial charge in [0.15, 0.2) is 5.79 Å². The van der Waals surface area contributed by atoms with E-state index >= 15 is 0 Å². The van der Waals surface area contributed by atoms with Crippen LogP contribution in [0.5, 0.6) is 0 Å². The zero-order valence-corrected chi connectivity index (χ0v) is 14.5. The largest absolute Gasteiger partial charge is 0.367 e. The minimum Gasteiger partial charge on any atom is -0.367 e. The molecule has 0 radical (unpaired) electrons. The van der Waals surface area contributed by atoms with Crippen molar-refractivity contribution in [3.05, 3.63) is 16.8 Å². The van der Waals surface area contributed by atoms with Crippen molar-refractivity contribution in [1.29, 1.82) is 0 Å². The molecule has 110 valence electrons. The lowest BCUT2D eigenvalue weighted by molar-refractivity contribution is -0.198. The summed E-state index contributed by atoms with van der Waals surface area (Å²) in [6.45, 7) is 2.25. The Kier molecular flexibility index (Phi) is 3.45.